The zero-order valence-electron chi connectivity index (χ0n) is 19.5. The van der Waals surface area contributed by atoms with Crippen LogP contribution in [0.25, 0.3) is 5.57 Å². The molecule has 0 saturated heterocycles. The lowest BCUT2D eigenvalue weighted by Gasteiger charge is -2.44. The lowest BCUT2D eigenvalue weighted by molar-refractivity contribution is -0.0426. The van der Waals surface area contributed by atoms with E-state index in [9.17, 15) is 15.6 Å². The predicted octanol–water partition coefficient (Wildman–Crippen LogP) is 7.10. The van der Waals surface area contributed by atoms with Crippen molar-refractivity contribution in [3.05, 3.63) is 44.3 Å². The van der Waals surface area contributed by atoms with Gasteiger partial charge in [0.15, 0.2) is 0 Å². The van der Waals surface area contributed by atoms with Gasteiger partial charge in [0.2, 0.25) is 0 Å². The van der Waals surface area contributed by atoms with E-state index in [2.05, 4.69) is 34.6 Å². The van der Waals surface area contributed by atoms with Crippen LogP contribution in [0.4, 0.5) is 5.69 Å². The minimum atomic E-state index is -0.573. The lowest BCUT2D eigenvalue weighted by Crippen LogP contribution is -2.33. The Hall–Kier alpha value is -1.40. The van der Waals surface area contributed by atoms with E-state index in [-0.39, 0.29) is 5.17 Å². The Morgan fingerprint density at radius 3 is 2.17 bits per heavy atom. The number of anilines is 1. The average Bonchev–Trinajstić information content (AvgIpc) is 2.68. The van der Waals surface area contributed by atoms with Crippen LogP contribution in [0, 0.1) is 23.3 Å². The molecule has 29 heavy (non-hydrogen) atoms. The first-order chi connectivity index (χ1) is 13.7. The summed E-state index contributed by atoms with van der Waals surface area (Å²) in [5.41, 5.74) is 6.50. The second kappa shape index (κ2) is 12.3. The molecule has 0 radical (unpaired) electrons. The molecule has 0 bridgehead atoms. The highest BCUT2D eigenvalue weighted by Crippen LogP contribution is 2.41. The van der Waals surface area contributed by atoms with Crippen LogP contribution in [0.5, 0.6) is 0 Å². The quantitative estimate of drug-likeness (QED) is 0.297. The molecule has 0 unspecified atom stereocenters. The monoisotopic (exact) mass is 404 g/mol. The zero-order valence-corrected chi connectivity index (χ0v) is 19.5. The zero-order chi connectivity index (χ0) is 22.1. The van der Waals surface area contributed by atoms with E-state index in [4.69, 9.17) is 0 Å². The molecule has 166 valence electrons. The van der Waals surface area contributed by atoms with Crippen molar-refractivity contribution < 1.29 is 5.21 Å². The molecule has 0 atom stereocenters. The Bertz CT molecular complexity index is 681. The van der Waals surface area contributed by atoms with E-state index in [0.29, 0.717) is 11.6 Å². The number of rotatable bonds is 12. The summed E-state index contributed by atoms with van der Waals surface area (Å²) < 4.78 is 0. The average molecular weight is 405 g/mol. The van der Waals surface area contributed by atoms with Crippen LogP contribution >= 0.6 is 0 Å². The summed E-state index contributed by atoms with van der Waals surface area (Å²) in [7, 11) is 0. The number of hydrazine groups is 1. The topological polar surface area (TPSA) is 72.8 Å². The number of hydrogen-bond acceptors (Lipinski definition) is 5. The molecule has 0 saturated carbocycles. The number of benzene rings is 1. The fraction of sp³-hybridized carbons (Fsp3) is 0.667. The highest BCUT2D eigenvalue weighted by Gasteiger charge is 2.23. The number of hydrogen-bond donors (Lipinski definition) is 1. The van der Waals surface area contributed by atoms with Gasteiger partial charge in [-0.3, -0.25) is 0 Å². The van der Waals surface area contributed by atoms with Crippen molar-refractivity contribution in [1.29, 1.82) is 0 Å². The van der Waals surface area contributed by atoms with E-state index in [1.165, 1.54) is 24.0 Å². The smallest absolute Gasteiger partial charge is 0.0530 e. The summed E-state index contributed by atoms with van der Waals surface area (Å²) in [4.78, 5) is 0. The third-order valence-corrected chi connectivity index (χ3v) is 5.87. The third-order valence-electron chi connectivity index (χ3n) is 5.87. The molecule has 0 fully saturated rings. The Labute approximate surface area is 177 Å². The molecule has 0 aliphatic heterocycles. The minimum Gasteiger partial charge on any atom is -0.744 e. The molecule has 1 rings (SSSR count). The predicted molar refractivity (Wildman–Crippen MR) is 124 cm³/mol. The van der Waals surface area contributed by atoms with Gasteiger partial charge in [-0.15, -0.1) is 0 Å². The van der Waals surface area contributed by atoms with Gasteiger partial charge in [0.05, 0.1) is 5.69 Å². The molecule has 5 nitrogen and oxygen atoms in total. The first-order valence-corrected chi connectivity index (χ1v) is 11.1. The first kappa shape index (κ1) is 25.6. The molecule has 5 heteroatoms. The largest absolute Gasteiger partial charge is 0.744 e. The van der Waals surface area contributed by atoms with Gasteiger partial charge in [-0.25, -0.2) is 0 Å². The van der Waals surface area contributed by atoms with Crippen LogP contribution in [0.3, 0.4) is 0 Å². The van der Waals surface area contributed by atoms with E-state index < -0.39 is 5.34 Å². The molecule has 1 N–H and O–H groups in total. The van der Waals surface area contributed by atoms with Gasteiger partial charge in [-0.05, 0) is 86.6 Å². The molecular formula is C24H40N2O3-2. The lowest BCUT2D eigenvalue weighted by atomic mass is 9.82. The molecule has 1 aromatic rings. The maximum Gasteiger partial charge on any atom is 0.0530 e. The Morgan fingerprint density at radius 2 is 1.69 bits per heavy atom. The maximum atomic E-state index is 12.8. The van der Waals surface area contributed by atoms with Crippen molar-refractivity contribution in [2.24, 2.45) is 5.92 Å². The van der Waals surface area contributed by atoms with Crippen LogP contribution in [0.2, 0.25) is 0 Å². The summed E-state index contributed by atoms with van der Waals surface area (Å²) in [5.74, 6) is 0.478. The van der Waals surface area contributed by atoms with Crippen molar-refractivity contribution in [2.45, 2.75) is 99.8 Å². The fourth-order valence-corrected chi connectivity index (χ4v) is 4.11. The molecule has 0 amide bonds. The van der Waals surface area contributed by atoms with E-state index in [0.717, 1.165) is 60.8 Å². The summed E-state index contributed by atoms with van der Waals surface area (Å²) in [6, 6.07) is 0. The minimum absolute atomic E-state index is 0.131. The van der Waals surface area contributed by atoms with E-state index in [1.807, 2.05) is 19.9 Å². The Morgan fingerprint density at radius 1 is 1.03 bits per heavy atom. The van der Waals surface area contributed by atoms with Gasteiger partial charge in [-0.2, -0.15) is 5.34 Å². The third kappa shape index (κ3) is 6.54. The summed E-state index contributed by atoms with van der Waals surface area (Å²) in [6.07, 6.45) is 9.86. The van der Waals surface area contributed by atoms with Crippen molar-refractivity contribution >= 4 is 11.3 Å². The van der Waals surface area contributed by atoms with Crippen LogP contribution in [0.15, 0.2) is 6.08 Å². The van der Waals surface area contributed by atoms with Crippen LogP contribution < -0.4 is 5.17 Å². The molecule has 0 spiro atoms. The maximum absolute atomic E-state index is 12.8. The molecule has 0 heterocycles. The Kier molecular flexibility index (Phi) is 10.9. The molecule has 0 aliphatic carbocycles. The summed E-state index contributed by atoms with van der Waals surface area (Å²) >= 11 is 0. The van der Waals surface area contributed by atoms with Gasteiger partial charge in [0.1, 0.15) is 0 Å². The van der Waals surface area contributed by atoms with Gasteiger partial charge in [0, 0.05) is 5.56 Å². The van der Waals surface area contributed by atoms with E-state index in [1.54, 1.807) is 0 Å². The van der Waals surface area contributed by atoms with Crippen molar-refractivity contribution in [1.82, 2.24) is 5.34 Å². The van der Waals surface area contributed by atoms with E-state index >= 15 is 0 Å². The standard InChI is InChI=1S/C24H40N2O3/c1-8-11-12-13-14-21-19(7)20(10-3)23(18(6)9-2)24(25(27)26(28)29)22(21)16-15-17(4)5/h9,17,28H,8,10-16H2,1-7H3/q-2/b18-9+. The van der Waals surface area contributed by atoms with Crippen molar-refractivity contribution in [3.8, 4) is 0 Å². The van der Waals surface area contributed by atoms with Crippen molar-refractivity contribution in [3.63, 3.8) is 0 Å². The summed E-state index contributed by atoms with van der Waals surface area (Å²) in [5, 5.41) is 33.5. The van der Waals surface area contributed by atoms with Crippen molar-refractivity contribution in [2.75, 3.05) is 5.17 Å². The number of nitrogens with zero attached hydrogens (tertiary/aromatic N) is 2. The van der Waals surface area contributed by atoms with Gasteiger partial charge >= 0.3 is 0 Å². The molecular weight excluding hydrogens is 364 g/mol. The molecule has 1 aromatic carbocycles. The molecule has 0 aromatic heterocycles. The first-order valence-electron chi connectivity index (χ1n) is 11.1. The number of allylic oxidation sites excluding steroid dienone is 2. The van der Waals surface area contributed by atoms with Crippen LogP contribution in [-0.2, 0) is 19.3 Å². The van der Waals surface area contributed by atoms with Gasteiger partial charge < -0.3 is 20.8 Å². The highest BCUT2D eigenvalue weighted by atomic mass is 16.9. The molecule has 0 aliphatic rings. The second-order valence-corrected chi connectivity index (χ2v) is 8.38. The fourth-order valence-electron chi connectivity index (χ4n) is 4.11. The van der Waals surface area contributed by atoms with Crippen LogP contribution in [0.1, 0.15) is 101 Å². The van der Waals surface area contributed by atoms with Gasteiger partial charge in [0.25, 0.3) is 0 Å². The number of unbranched alkanes of at least 4 members (excludes halogenated alkanes) is 3. The summed E-state index contributed by atoms with van der Waals surface area (Å²) in [6.45, 7) is 14.6. The SMILES string of the molecule is C/C=C(\C)c1c(CC)c(C)c(CCCCCC)c(CCC(C)C)c1N([O-])N([O-])O. The van der Waals surface area contributed by atoms with Crippen LogP contribution in [-0.4, -0.2) is 10.5 Å². The Balaban J connectivity index is 3.78. The second-order valence-electron chi connectivity index (χ2n) is 8.38. The van der Waals surface area contributed by atoms with Gasteiger partial charge in [-0.1, -0.05) is 53.0 Å². The highest BCUT2D eigenvalue weighted by molar-refractivity contribution is 5.83. The normalized spacial score (nSPS) is 12.3.